The van der Waals surface area contributed by atoms with Crippen molar-refractivity contribution >= 4 is 36.4 Å². The van der Waals surface area contributed by atoms with Gasteiger partial charge in [-0.25, -0.2) is 4.79 Å². The summed E-state index contributed by atoms with van der Waals surface area (Å²) < 4.78 is 0. The molecule has 0 heterocycles. The molecule has 0 aliphatic carbocycles. The van der Waals surface area contributed by atoms with Crippen molar-refractivity contribution in [3.8, 4) is 0 Å². The molecule has 2 amide bonds. The van der Waals surface area contributed by atoms with Crippen molar-refractivity contribution in [3.05, 3.63) is 0 Å². The Labute approximate surface area is 127 Å². The van der Waals surface area contributed by atoms with Crippen molar-refractivity contribution in [2.24, 2.45) is 0 Å². The Bertz CT molecular complexity index is 401. The number of nitrogens with one attached hydrogen (secondary N) is 2. The van der Waals surface area contributed by atoms with Crippen LogP contribution in [0.25, 0.3) is 0 Å². The van der Waals surface area contributed by atoms with Gasteiger partial charge in [0.2, 0.25) is 11.8 Å². The van der Waals surface area contributed by atoms with E-state index in [4.69, 9.17) is 10.2 Å². The van der Waals surface area contributed by atoms with Crippen molar-refractivity contribution in [2.45, 2.75) is 44.7 Å². The van der Waals surface area contributed by atoms with E-state index in [2.05, 4.69) is 23.3 Å². The number of amides is 2. The third-order valence-electron chi connectivity index (χ3n) is 2.57. The molecule has 0 rings (SSSR count). The molecule has 0 radical (unpaired) electrons. The van der Waals surface area contributed by atoms with Crippen LogP contribution in [0.4, 0.5) is 0 Å². The van der Waals surface area contributed by atoms with E-state index in [0.717, 1.165) is 0 Å². The van der Waals surface area contributed by atoms with Gasteiger partial charge in [0.15, 0.2) is 0 Å². The highest BCUT2D eigenvalue weighted by molar-refractivity contribution is 7.80. The number of hydrogen-bond donors (Lipinski definition) is 5. The molecule has 0 aromatic heterocycles. The number of carboxylic acid groups (broad SMARTS) is 2. The molecule has 0 unspecified atom stereocenters. The number of hydrogen-bond acceptors (Lipinski definition) is 5. The van der Waals surface area contributed by atoms with E-state index in [0.29, 0.717) is 6.42 Å². The van der Waals surface area contributed by atoms with Gasteiger partial charge in [0.25, 0.3) is 0 Å². The number of carbonyl (C=O) groups excluding carboxylic acids is 2. The second-order valence-electron chi connectivity index (χ2n) is 4.38. The van der Waals surface area contributed by atoms with E-state index in [1.165, 1.54) is 0 Å². The average Bonchev–Trinajstić information content (AvgIpc) is 2.40. The second kappa shape index (κ2) is 10.0. The van der Waals surface area contributed by atoms with Gasteiger partial charge in [-0.05, 0) is 12.8 Å². The summed E-state index contributed by atoms with van der Waals surface area (Å²) in [7, 11) is 0. The fourth-order valence-corrected chi connectivity index (χ4v) is 1.74. The largest absolute Gasteiger partial charge is 0.481 e. The third kappa shape index (κ3) is 8.18. The van der Waals surface area contributed by atoms with Gasteiger partial charge in [-0.3, -0.25) is 14.4 Å². The Balaban J connectivity index is 4.59. The first kappa shape index (κ1) is 19.2. The molecule has 2 atom stereocenters. The summed E-state index contributed by atoms with van der Waals surface area (Å²) in [5.74, 6) is -3.51. The molecular formula is C12H20N2O6S. The molecule has 120 valence electrons. The van der Waals surface area contributed by atoms with Crippen LogP contribution in [-0.2, 0) is 19.2 Å². The summed E-state index contributed by atoms with van der Waals surface area (Å²) >= 11 is 3.94. The summed E-state index contributed by atoms with van der Waals surface area (Å²) in [6.07, 6.45) is 0.242. The first-order valence-electron chi connectivity index (χ1n) is 6.47. The van der Waals surface area contributed by atoms with Gasteiger partial charge in [0.05, 0.1) is 0 Å². The van der Waals surface area contributed by atoms with Crippen molar-refractivity contribution < 1.29 is 29.4 Å². The first-order chi connectivity index (χ1) is 9.81. The average molecular weight is 320 g/mol. The van der Waals surface area contributed by atoms with E-state index < -0.39 is 29.9 Å². The second-order valence-corrected chi connectivity index (χ2v) is 4.75. The number of thiol groups is 1. The standard InChI is InChI=1S/C12H20N2O6S/c1-2-3-9(15)13-8(6-21)11(18)14-7(12(19)20)4-5-10(16)17/h7-8,21H,2-6H2,1H3,(H,13,15)(H,14,18)(H,16,17)(H,19,20)/t7-,8-/m0/s1. The monoisotopic (exact) mass is 320 g/mol. The van der Waals surface area contributed by atoms with Gasteiger partial charge < -0.3 is 20.8 Å². The lowest BCUT2D eigenvalue weighted by Gasteiger charge is -2.19. The van der Waals surface area contributed by atoms with Crippen LogP contribution in [0.2, 0.25) is 0 Å². The fourth-order valence-electron chi connectivity index (χ4n) is 1.49. The maximum Gasteiger partial charge on any atom is 0.326 e. The molecule has 8 nitrogen and oxygen atoms in total. The molecule has 0 bridgehead atoms. The van der Waals surface area contributed by atoms with E-state index >= 15 is 0 Å². The molecule has 9 heteroatoms. The summed E-state index contributed by atoms with van der Waals surface area (Å²) in [6.45, 7) is 1.81. The van der Waals surface area contributed by atoms with Crippen LogP contribution in [0, 0.1) is 0 Å². The van der Waals surface area contributed by atoms with Crippen molar-refractivity contribution in [1.29, 1.82) is 0 Å². The zero-order valence-electron chi connectivity index (χ0n) is 11.7. The molecule has 0 fully saturated rings. The van der Waals surface area contributed by atoms with Gasteiger partial charge in [-0.15, -0.1) is 0 Å². The maximum absolute atomic E-state index is 11.9. The van der Waals surface area contributed by atoms with Crippen LogP contribution in [0.15, 0.2) is 0 Å². The quantitative estimate of drug-likeness (QED) is 0.349. The van der Waals surface area contributed by atoms with Crippen LogP contribution in [-0.4, -0.2) is 51.8 Å². The summed E-state index contributed by atoms with van der Waals surface area (Å²) in [6, 6.07) is -2.28. The minimum Gasteiger partial charge on any atom is -0.481 e. The highest BCUT2D eigenvalue weighted by Gasteiger charge is 2.25. The molecule has 0 spiro atoms. The van der Waals surface area contributed by atoms with E-state index in [9.17, 15) is 19.2 Å². The van der Waals surface area contributed by atoms with E-state index in [1.54, 1.807) is 0 Å². The van der Waals surface area contributed by atoms with Crippen molar-refractivity contribution in [2.75, 3.05) is 5.75 Å². The lowest BCUT2D eigenvalue weighted by atomic mass is 10.1. The van der Waals surface area contributed by atoms with Crippen LogP contribution < -0.4 is 10.6 Å². The predicted octanol–water partition coefficient (Wildman–Crippen LogP) is -0.365. The number of rotatable bonds is 10. The highest BCUT2D eigenvalue weighted by atomic mass is 32.1. The highest BCUT2D eigenvalue weighted by Crippen LogP contribution is 2.00. The Morgan fingerprint density at radius 3 is 2.10 bits per heavy atom. The molecule has 0 aliphatic heterocycles. The Kier molecular flexibility index (Phi) is 9.18. The predicted molar refractivity (Wildman–Crippen MR) is 77.1 cm³/mol. The molecular weight excluding hydrogens is 300 g/mol. The summed E-state index contributed by atoms with van der Waals surface area (Å²) in [5, 5.41) is 22.1. The summed E-state index contributed by atoms with van der Waals surface area (Å²) in [4.78, 5) is 44.7. The number of carboxylic acids is 2. The van der Waals surface area contributed by atoms with Crippen molar-refractivity contribution in [3.63, 3.8) is 0 Å². The zero-order valence-corrected chi connectivity index (χ0v) is 12.6. The minimum atomic E-state index is -1.33. The van der Waals surface area contributed by atoms with E-state index in [1.807, 2.05) is 6.92 Å². The van der Waals surface area contributed by atoms with Gasteiger partial charge in [-0.1, -0.05) is 6.92 Å². The SMILES string of the molecule is CCCC(=O)N[C@@H](CS)C(=O)N[C@@H](CCC(=O)O)C(=O)O. The molecule has 0 aromatic rings. The first-order valence-corrected chi connectivity index (χ1v) is 7.10. The summed E-state index contributed by atoms with van der Waals surface area (Å²) in [5.41, 5.74) is 0. The van der Waals surface area contributed by atoms with Gasteiger partial charge >= 0.3 is 11.9 Å². The Hall–Kier alpha value is -1.77. The molecule has 4 N–H and O–H groups in total. The van der Waals surface area contributed by atoms with Gasteiger partial charge in [-0.2, -0.15) is 12.6 Å². The zero-order chi connectivity index (χ0) is 16.4. The van der Waals surface area contributed by atoms with E-state index in [-0.39, 0.29) is 30.9 Å². The molecule has 0 aliphatic rings. The van der Waals surface area contributed by atoms with Crippen molar-refractivity contribution in [1.82, 2.24) is 10.6 Å². The third-order valence-corrected chi connectivity index (χ3v) is 2.94. The minimum absolute atomic E-state index is 0.00651. The van der Waals surface area contributed by atoms with Gasteiger partial charge in [0, 0.05) is 18.6 Å². The smallest absolute Gasteiger partial charge is 0.326 e. The normalized spacial score (nSPS) is 13.0. The van der Waals surface area contributed by atoms with Gasteiger partial charge in [0.1, 0.15) is 12.1 Å². The molecule has 21 heavy (non-hydrogen) atoms. The molecule has 0 saturated carbocycles. The van der Waals surface area contributed by atoms with Crippen LogP contribution >= 0.6 is 12.6 Å². The molecule has 0 aromatic carbocycles. The fraction of sp³-hybridized carbons (Fsp3) is 0.667. The maximum atomic E-state index is 11.9. The van der Waals surface area contributed by atoms with Crippen LogP contribution in [0.3, 0.4) is 0 Å². The Morgan fingerprint density at radius 2 is 1.67 bits per heavy atom. The molecule has 0 saturated heterocycles. The topological polar surface area (TPSA) is 133 Å². The number of aliphatic carboxylic acids is 2. The lowest BCUT2D eigenvalue weighted by Crippen LogP contribution is -2.52. The van der Waals surface area contributed by atoms with Crippen LogP contribution in [0.5, 0.6) is 0 Å². The lowest BCUT2D eigenvalue weighted by molar-refractivity contribution is -0.143. The number of carbonyl (C=O) groups is 4. The van der Waals surface area contributed by atoms with Crippen LogP contribution in [0.1, 0.15) is 32.6 Å². The Morgan fingerprint density at radius 1 is 1.05 bits per heavy atom.